The van der Waals surface area contributed by atoms with Crippen molar-refractivity contribution in [3.63, 3.8) is 0 Å². The fourth-order valence-corrected chi connectivity index (χ4v) is 4.54. The molecule has 2 aliphatic rings. The zero-order valence-electron chi connectivity index (χ0n) is 17.4. The highest BCUT2D eigenvalue weighted by molar-refractivity contribution is 5.99. The molecule has 32 heavy (non-hydrogen) atoms. The first-order valence-electron chi connectivity index (χ1n) is 10.7. The average molecular weight is 440 g/mol. The Morgan fingerprint density at radius 1 is 0.969 bits per heavy atom. The van der Waals surface area contributed by atoms with E-state index < -0.39 is 29.0 Å². The Labute approximate surface area is 183 Å². The topological polar surface area (TPSA) is 63.0 Å². The largest absolute Gasteiger partial charge is 0.450 e. The summed E-state index contributed by atoms with van der Waals surface area (Å²) in [6.07, 6.45) is 0.674. The molecule has 0 spiro atoms. The van der Waals surface area contributed by atoms with Gasteiger partial charge in [-0.1, -0.05) is 12.1 Å². The molecular weight excluding hydrogens is 418 g/mol. The van der Waals surface area contributed by atoms with Crippen LogP contribution in [0.5, 0.6) is 0 Å². The van der Waals surface area contributed by atoms with Crippen LogP contribution in [0, 0.1) is 11.6 Å². The van der Waals surface area contributed by atoms with Gasteiger partial charge in [-0.05, 0) is 42.3 Å². The number of carbonyl (C=O) groups excluding carboxylic acids is 1. The summed E-state index contributed by atoms with van der Waals surface area (Å²) in [7, 11) is 0. The third-order valence-corrected chi connectivity index (χ3v) is 6.07. The zero-order valence-corrected chi connectivity index (χ0v) is 17.4. The molecule has 2 aromatic carbocycles. The quantitative estimate of drug-likeness (QED) is 0.609. The van der Waals surface area contributed by atoms with E-state index in [-0.39, 0.29) is 22.3 Å². The number of amides is 1. The molecule has 0 N–H and O–H groups in total. The van der Waals surface area contributed by atoms with E-state index in [1.165, 1.54) is 24.3 Å². The van der Waals surface area contributed by atoms with Crippen molar-refractivity contribution in [2.45, 2.75) is 12.5 Å². The number of hydrogen-bond acceptors (Lipinski definition) is 5. The Bertz CT molecular complexity index is 1240. The Hall–Kier alpha value is -3.10. The number of ether oxygens (including phenoxy) is 1. The summed E-state index contributed by atoms with van der Waals surface area (Å²) in [5, 5.41) is 0.0631. The van der Waals surface area contributed by atoms with Gasteiger partial charge in [0, 0.05) is 26.2 Å². The molecule has 1 atom stereocenters. The van der Waals surface area contributed by atoms with Gasteiger partial charge in [0.25, 0.3) is 5.91 Å². The maximum absolute atomic E-state index is 14.0. The fraction of sp³-hybridized carbons (Fsp3) is 0.333. The van der Waals surface area contributed by atoms with Gasteiger partial charge in [0.15, 0.2) is 5.43 Å². The van der Waals surface area contributed by atoms with E-state index >= 15 is 0 Å². The highest BCUT2D eigenvalue weighted by Gasteiger charge is 2.42. The van der Waals surface area contributed by atoms with E-state index in [0.717, 1.165) is 25.7 Å². The molecule has 3 heterocycles. The minimum Gasteiger partial charge on any atom is -0.450 e. The normalized spacial score (nSPS) is 19.0. The first-order valence-corrected chi connectivity index (χ1v) is 10.7. The maximum atomic E-state index is 14.0. The van der Waals surface area contributed by atoms with Crippen molar-refractivity contribution >= 4 is 16.9 Å². The number of morpholine rings is 1. The van der Waals surface area contributed by atoms with Crippen LogP contribution in [-0.2, 0) is 4.74 Å². The second-order valence-electron chi connectivity index (χ2n) is 8.08. The minimum absolute atomic E-state index is 0.0604. The van der Waals surface area contributed by atoms with Crippen LogP contribution in [0.25, 0.3) is 11.0 Å². The molecule has 5 rings (SSSR count). The van der Waals surface area contributed by atoms with Crippen molar-refractivity contribution in [1.29, 1.82) is 0 Å². The third-order valence-electron chi connectivity index (χ3n) is 6.07. The molecule has 1 saturated heterocycles. The molecule has 0 radical (unpaired) electrons. The van der Waals surface area contributed by atoms with E-state index in [1.807, 2.05) is 0 Å². The zero-order chi connectivity index (χ0) is 22.2. The third kappa shape index (κ3) is 3.69. The molecule has 0 aliphatic carbocycles. The van der Waals surface area contributed by atoms with Gasteiger partial charge in [0.2, 0.25) is 5.76 Å². The van der Waals surface area contributed by atoms with Crippen LogP contribution in [0.1, 0.15) is 34.1 Å². The lowest BCUT2D eigenvalue weighted by Gasteiger charge is -2.29. The number of carbonyl (C=O) groups is 1. The summed E-state index contributed by atoms with van der Waals surface area (Å²) in [5.74, 6) is -1.51. The van der Waals surface area contributed by atoms with Crippen molar-refractivity contribution in [2.24, 2.45) is 0 Å². The standard InChI is InChI=1S/C24H22F2N2O4/c25-16-4-1-3-15(13-16)21-20-22(29)18-14-17(26)5-6-19(18)32-23(20)24(30)28(21)8-2-7-27-9-11-31-12-10-27/h1,3-6,13-14,21H,2,7-12H2/t21-/m0/s1. The molecule has 6 nitrogen and oxygen atoms in total. The van der Waals surface area contributed by atoms with Crippen LogP contribution in [0.4, 0.5) is 8.78 Å². The molecule has 3 aromatic rings. The number of rotatable bonds is 5. The minimum atomic E-state index is -0.790. The Morgan fingerprint density at radius 2 is 1.75 bits per heavy atom. The van der Waals surface area contributed by atoms with E-state index in [4.69, 9.17) is 9.15 Å². The monoisotopic (exact) mass is 440 g/mol. The van der Waals surface area contributed by atoms with Crippen molar-refractivity contribution in [1.82, 2.24) is 9.80 Å². The fourth-order valence-electron chi connectivity index (χ4n) is 4.54. The van der Waals surface area contributed by atoms with Gasteiger partial charge < -0.3 is 14.1 Å². The molecule has 0 bridgehead atoms. The van der Waals surface area contributed by atoms with E-state index in [9.17, 15) is 18.4 Å². The number of halogens is 2. The van der Waals surface area contributed by atoms with E-state index in [2.05, 4.69) is 4.90 Å². The summed E-state index contributed by atoms with van der Waals surface area (Å²) in [6, 6.07) is 8.69. The van der Waals surface area contributed by atoms with Crippen LogP contribution in [-0.4, -0.2) is 55.1 Å². The number of nitrogens with zero attached hydrogens (tertiary/aromatic N) is 2. The Morgan fingerprint density at radius 3 is 2.53 bits per heavy atom. The van der Waals surface area contributed by atoms with Gasteiger partial charge in [-0.25, -0.2) is 8.78 Å². The van der Waals surface area contributed by atoms with Gasteiger partial charge in [-0.2, -0.15) is 0 Å². The van der Waals surface area contributed by atoms with Crippen LogP contribution in [0.15, 0.2) is 51.7 Å². The van der Waals surface area contributed by atoms with Gasteiger partial charge in [0.05, 0.1) is 30.2 Å². The smallest absolute Gasteiger partial charge is 0.290 e. The SMILES string of the molecule is O=C1c2oc3ccc(F)cc3c(=O)c2[C@H](c2cccc(F)c2)N1CCCN1CCOCC1. The summed E-state index contributed by atoms with van der Waals surface area (Å²) >= 11 is 0. The van der Waals surface area contributed by atoms with Crippen LogP contribution < -0.4 is 5.43 Å². The Balaban J connectivity index is 1.54. The lowest BCUT2D eigenvalue weighted by atomic mass is 9.98. The molecule has 8 heteroatoms. The summed E-state index contributed by atoms with van der Waals surface area (Å²) in [5.41, 5.74) is 0.285. The van der Waals surface area contributed by atoms with Crippen molar-refractivity contribution in [3.8, 4) is 0 Å². The van der Waals surface area contributed by atoms with Crippen molar-refractivity contribution in [2.75, 3.05) is 39.4 Å². The Kier molecular flexibility index (Phi) is 5.48. The second-order valence-corrected chi connectivity index (χ2v) is 8.08. The molecule has 1 aromatic heterocycles. The first-order chi connectivity index (χ1) is 15.5. The average Bonchev–Trinajstić information content (AvgIpc) is 3.07. The molecule has 1 amide bonds. The molecular formula is C24H22F2N2O4. The summed E-state index contributed by atoms with van der Waals surface area (Å²) in [6.45, 7) is 4.17. The lowest BCUT2D eigenvalue weighted by molar-refractivity contribution is 0.0353. The van der Waals surface area contributed by atoms with Gasteiger partial charge in [-0.15, -0.1) is 0 Å². The molecule has 0 saturated carbocycles. The van der Waals surface area contributed by atoms with Crippen molar-refractivity contribution < 1.29 is 22.7 Å². The van der Waals surface area contributed by atoms with E-state index in [0.29, 0.717) is 31.7 Å². The molecule has 166 valence electrons. The molecule has 0 unspecified atom stereocenters. The predicted octanol–water partition coefficient (Wildman–Crippen LogP) is 3.34. The van der Waals surface area contributed by atoms with Gasteiger partial charge in [-0.3, -0.25) is 14.5 Å². The van der Waals surface area contributed by atoms with Crippen molar-refractivity contribution in [3.05, 3.63) is 81.2 Å². The second kappa shape index (κ2) is 8.44. The van der Waals surface area contributed by atoms with E-state index in [1.54, 1.807) is 17.0 Å². The van der Waals surface area contributed by atoms with Crippen LogP contribution >= 0.6 is 0 Å². The highest BCUT2D eigenvalue weighted by Crippen LogP contribution is 2.38. The number of benzene rings is 2. The number of hydrogen-bond donors (Lipinski definition) is 0. The summed E-state index contributed by atoms with van der Waals surface area (Å²) < 4.78 is 39.0. The highest BCUT2D eigenvalue weighted by atomic mass is 19.1. The molecule has 2 aliphatic heterocycles. The van der Waals surface area contributed by atoms with Gasteiger partial charge >= 0.3 is 0 Å². The predicted molar refractivity (Wildman–Crippen MR) is 114 cm³/mol. The van der Waals surface area contributed by atoms with Crippen LogP contribution in [0.2, 0.25) is 0 Å². The lowest BCUT2D eigenvalue weighted by Crippen LogP contribution is -2.38. The number of fused-ring (bicyclic) bond motifs is 2. The molecule has 1 fully saturated rings. The van der Waals surface area contributed by atoms with Crippen LogP contribution in [0.3, 0.4) is 0 Å². The van der Waals surface area contributed by atoms with Gasteiger partial charge in [0.1, 0.15) is 17.2 Å². The first kappa shape index (κ1) is 20.8. The summed E-state index contributed by atoms with van der Waals surface area (Å²) in [4.78, 5) is 30.4. The maximum Gasteiger partial charge on any atom is 0.290 e.